The van der Waals surface area contributed by atoms with Crippen LogP contribution in [0.1, 0.15) is 57.8 Å². The molecule has 21 heavy (non-hydrogen) atoms. The van der Waals surface area contributed by atoms with E-state index in [9.17, 15) is 13.2 Å². The quantitative estimate of drug-likeness (QED) is 0.858. The van der Waals surface area contributed by atoms with E-state index in [4.69, 9.17) is 0 Å². The van der Waals surface area contributed by atoms with Gasteiger partial charge in [-0.1, -0.05) is 19.3 Å². The Morgan fingerprint density at radius 2 is 1.67 bits per heavy atom. The molecule has 6 heteroatoms. The van der Waals surface area contributed by atoms with Gasteiger partial charge in [0, 0.05) is 25.0 Å². The average Bonchev–Trinajstić information content (AvgIpc) is 2.89. The minimum absolute atomic E-state index is 0.118. The van der Waals surface area contributed by atoms with Crippen LogP contribution in [0, 0.1) is 5.92 Å². The Balaban J connectivity index is 1.60. The van der Waals surface area contributed by atoms with E-state index in [-0.39, 0.29) is 17.9 Å². The van der Waals surface area contributed by atoms with Crippen molar-refractivity contribution < 1.29 is 13.2 Å². The van der Waals surface area contributed by atoms with Crippen molar-refractivity contribution in [3.05, 3.63) is 0 Å². The van der Waals surface area contributed by atoms with Crippen molar-refractivity contribution in [2.45, 2.75) is 69.1 Å². The number of carbonyl (C=O) groups excluding carboxylic acids is 1. The number of hydrogen-bond acceptors (Lipinski definition) is 3. The number of rotatable bonds is 4. The molecular weight excluding hydrogens is 288 g/mol. The molecule has 3 rings (SSSR count). The summed E-state index contributed by atoms with van der Waals surface area (Å²) in [4.78, 5) is 14.1. The number of hydrogen-bond donors (Lipinski definition) is 1. The predicted molar refractivity (Wildman–Crippen MR) is 81.3 cm³/mol. The van der Waals surface area contributed by atoms with Gasteiger partial charge in [0.2, 0.25) is 15.9 Å². The van der Waals surface area contributed by atoms with Gasteiger partial charge in [-0.05, 0) is 38.5 Å². The van der Waals surface area contributed by atoms with Crippen LogP contribution in [0.25, 0.3) is 0 Å². The van der Waals surface area contributed by atoms with Gasteiger partial charge in [-0.2, -0.15) is 0 Å². The van der Waals surface area contributed by atoms with Crippen molar-refractivity contribution in [1.82, 2.24) is 9.62 Å². The number of likely N-dealkylation sites (tertiary alicyclic amines) is 1. The van der Waals surface area contributed by atoms with Crippen LogP contribution in [-0.2, 0) is 14.8 Å². The zero-order valence-corrected chi connectivity index (χ0v) is 13.4. The topological polar surface area (TPSA) is 66.5 Å². The lowest BCUT2D eigenvalue weighted by atomic mass is 9.84. The fourth-order valence-corrected chi connectivity index (χ4v) is 5.42. The molecule has 0 radical (unpaired) electrons. The molecule has 1 N–H and O–H groups in total. The number of nitrogens with one attached hydrogen (secondary N) is 1. The number of nitrogens with zero attached hydrogens (tertiary/aromatic N) is 1. The van der Waals surface area contributed by atoms with Crippen LogP contribution in [0.3, 0.4) is 0 Å². The third kappa shape index (κ3) is 3.42. The molecule has 2 aliphatic carbocycles. The zero-order chi connectivity index (χ0) is 14.9. The Morgan fingerprint density at radius 3 is 2.29 bits per heavy atom. The first-order valence-electron chi connectivity index (χ1n) is 8.36. The maximum Gasteiger partial charge on any atom is 0.225 e. The van der Waals surface area contributed by atoms with Gasteiger partial charge in [0.05, 0.1) is 5.25 Å². The normalized spacial score (nSPS) is 28.6. The second kappa shape index (κ2) is 6.24. The van der Waals surface area contributed by atoms with Crippen LogP contribution >= 0.6 is 0 Å². The minimum atomic E-state index is -3.29. The van der Waals surface area contributed by atoms with Crippen molar-refractivity contribution in [3.8, 4) is 0 Å². The molecule has 0 unspecified atom stereocenters. The predicted octanol–water partition coefficient (Wildman–Crippen LogP) is 1.64. The largest absolute Gasteiger partial charge is 0.341 e. The highest BCUT2D eigenvalue weighted by Gasteiger charge is 2.37. The Labute approximate surface area is 127 Å². The number of carbonyl (C=O) groups is 1. The number of amides is 1. The molecule has 5 nitrogen and oxygen atoms in total. The Hall–Kier alpha value is -0.620. The molecule has 1 saturated heterocycles. The van der Waals surface area contributed by atoms with Crippen molar-refractivity contribution in [2.24, 2.45) is 5.92 Å². The molecule has 0 aromatic rings. The fraction of sp³-hybridized carbons (Fsp3) is 0.933. The average molecular weight is 314 g/mol. The van der Waals surface area contributed by atoms with Gasteiger partial charge >= 0.3 is 0 Å². The number of sulfonamides is 1. The van der Waals surface area contributed by atoms with E-state index in [1.54, 1.807) is 4.90 Å². The van der Waals surface area contributed by atoms with Crippen molar-refractivity contribution in [3.63, 3.8) is 0 Å². The summed E-state index contributed by atoms with van der Waals surface area (Å²) in [6.07, 6.45) is 8.71. The smallest absolute Gasteiger partial charge is 0.225 e. The van der Waals surface area contributed by atoms with Gasteiger partial charge < -0.3 is 4.90 Å². The second-order valence-corrected chi connectivity index (χ2v) is 8.81. The van der Waals surface area contributed by atoms with Crippen LogP contribution in [0.4, 0.5) is 0 Å². The highest BCUT2D eigenvalue weighted by atomic mass is 32.2. The standard InChI is InChI=1S/C15H26N2O3S/c18-15(12-5-3-6-12)17-10-4-9-14(11-17)21(19,20)16-13-7-1-2-8-13/h12-14,16H,1-11H2/t14-/m0/s1. The molecule has 2 saturated carbocycles. The van der Waals surface area contributed by atoms with Gasteiger partial charge in [-0.3, -0.25) is 4.79 Å². The lowest BCUT2D eigenvalue weighted by Gasteiger charge is -2.37. The van der Waals surface area contributed by atoms with Gasteiger partial charge in [0.25, 0.3) is 0 Å². The van der Waals surface area contributed by atoms with E-state index in [0.29, 0.717) is 13.0 Å². The lowest BCUT2D eigenvalue weighted by Crippen LogP contribution is -2.51. The SMILES string of the molecule is O=C(C1CCC1)N1CCC[C@H](S(=O)(=O)NC2CCCC2)C1. The van der Waals surface area contributed by atoms with E-state index < -0.39 is 15.3 Å². The zero-order valence-electron chi connectivity index (χ0n) is 12.6. The molecule has 1 amide bonds. The van der Waals surface area contributed by atoms with E-state index >= 15 is 0 Å². The van der Waals surface area contributed by atoms with Crippen LogP contribution in [-0.4, -0.2) is 43.6 Å². The molecule has 3 fully saturated rings. The Kier molecular flexibility index (Phi) is 4.54. The Morgan fingerprint density at radius 1 is 0.952 bits per heavy atom. The summed E-state index contributed by atoms with van der Waals surface area (Å²) >= 11 is 0. The van der Waals surface area contributed by atoms with Crippen molar-refractivity contribution in [1.29, 1.82) is 0 Å². The van der Waals surface area contributed by atoms with E-state index in [1.807, 2.05) is 0 Å². The molecule has 1 atom stereocenters. The second-order valence-electron chi connectivity index (χ2n) is 6.82. The van der Waals surface area contributed by atoms with Crippen LogP contribution in [0.15, 0.2) is 0 Å². The first-order chi connectivity index (χ1) is 10.1. The molecule has 0 aromatic carbocycles. The molecular formula is C15H26N2O3S. The maximum absolute atomic E-state index is 12.5. The van der Waals surface area contributed by atoms with Gasteiger partial charge in [0.15, 0.2) is 0 Å². The molecule has 3 aliphatic rings. The number of piperidine rings is 1. The first-order valence-corrected chi connectivity index (χ1v) is 9.91. The maximum atomic E-state index is 12.5. The molecule has 0 aromatic heterocycles. The molecule has 1 heterocycles. The highest BCUT2D eigenvalue weighted by molar-refractivity contribution is 7.90. The molecule has 120 valence electrons. The van der Waals surface area contributed by atoms with Crippen molar-refractivity contribution in [2.75, 3.05) is 13.1 Å². The fourth-order valence-electron chi connectivity index (χ4n) is 3.68. The van der Waals surface area contributed by atoms with Gasteiger partial charge in [-0.15, -0.1) is 0 Å². The van der Waals surface area contributed by atoms with E-state index in [1.165, 1.54) is 0 Å². The summed E-state index contributed by atoms with van der Waals surface area (Å²) in [5, 5.41) is -0.420. The third-order valence-electron chi connectivity index (χ3n) is 5.27. The summed E-state index contributed by atoms with van der Waals surface area (Å²) in [5.74, 6) is 0.344. The summed E-state index contributed by atoms with van der Waals surface area (Å²) < 4.78 is 27.9. The van der Waals surface area contributed by atoms with Crippen LogP contribution in [0.2, 0.25) is 0 Å². The molecule has 0 bridgehead atoms. The lowest BCUT2D eigenvalue weighted by molar-refractivity contribution is -0.138. The minimum Gasteiger partial charge on any atom is -0.341 e. The summed E-state index contributed by atoms with van der Waals surface area (Å²) in [7, 11) is -3.29. The van der Waals surface area contributed by atoms with Gasteiger partial charge in [-0.25, -0.2) is 13.1 Å². The van der Waals surface area contributed by atoms with E-state index in [0.717, 1.165) is 57.9 Å². The summed E-state index contributed by atoms with van der Waals surface area (Å²) in [5.41, 5.74) is 0. The van der Waals surface area contributed by atoms with Crippen molar-refractivity contribution >= 4 is 15.9 Å². The summed E-state index contributed by atoms with van der Waals surface area (Å²) in [6, 6.07) is 0.118. The monoisotopic (exact) mass is 314 g/mol. The Bertz CT molecular complexity index is 481. The first kappa shape index (κ1) is 15.3. The summed E-state index contributed by atoms with van der Waals surface area (Å²) in [6.45, 7) is 1.11. The van der Waals surface area contributed by atoms with Gasteiger partial charge in [0.1, 0.15) is 0 Å². The van der Waals surface area contributed by atoms with Crippen LogP contribution < -0.4 is 4.72 Å². The molecule has 0 spiro atoms. The van der Waals surface area contributed by atoms with E-state index in [2.05, 4.69) is 4.72 Å². The van der Waals surface area contributed by atoms with Crippen LogP contribution in [0.5, 0.6) is 0 Å². The third-order valence-corrected chi connectivity index (χ3v) is 7.19. The molecule has 1 aliphatic heterocycles. The highest BCUT2D eigenvalue weighted by Crippen LogP contribution is 2.30.